The number of aryl methyl sites for hydroxylation is 1. The number of hydrogen-bond acceptors (Lipinski definition) is 2. The summed E-state index contributed by atoms with van der Waals surface area (Å²) in [4.78, 5) is 0. The van der Waals surface area contributed by atoms with Crippen molar-refractivity contribution >= 4 is 0 Å². The Morgan fingerprint density at radius 3 is 2.58 bits per heavy atom. The van der Waals surface area contributed by atoms with Crippen molar-refractivity contribution in [1.82, 2.24) is 0 Å². The maximum atomic E-state index is 5.85. The third kappa shape index (κ3) is 3.15. The lowest BCUT2D eigenvalue weighted by atomic mass is 9.97. The molecule has 19 heavy (non-hydrogen) atoms. The van der Waals surface area contributed by atoms with E-state index in [-0.39, 0.29) is 0 Å². The number of benzene rings is 2. The van der Waals surface area contributed by atoms with E-state index < -0.39 is 0 Å². The predicted octanol–water partition coefficient (Wildman–Crippen LogP) is 3.91. The van der Waals surface area contributed by atoms with Crippen LogP contribution in [0.2, 0.25) is 0 Å². The number of para-hydroxylation sites is 1. The Morgan fingerprint density at radius 2 is 1.84 bits per heavy atom. The van der Waals surface area contributed by atoms with E-state index in [9.17, 15) is 0 Å². The molecule has 0 aliphatic heterocycles. The largest absolute Gasteiger partial charge is 0.493 e. The van der Waals surface area contributed by atoms with E-state index in [0.717, 1.165) is 29.9 Å². The quantitative estimate of drug-likeness (QED) is 0.879. The standard InChI is InChI=1S/C17H21NO/c1-3-10-19-17-7-5-4-6-15(17)16-11-13(2)8-9-14(16)12-18/h4-9,11H,3,10,12,18H2,1-2H3. The zero-order chi connectivity index (χ0) is 13.7. The number of rotatable bonds is 5. The second-order valence-corrected chi connectivity index (χ2v) is 4.71. The first-order valence-corrected chi connectivity index (χ1v) is 6.78. The summed E-state index contributed by atoms with van der Waals surface area (Å²) >= 11 is 0. The van der Waals surface area contributed by atoms with Crippen LogP contribution < -0.4 is 10.5 Å². The molecule has 0 bridgehead atoms. The van der Waals surface area contributed by atoms with Gasteiger partial charge in [0.15, 0.2) is 0 Å². The topological polar surface area (TPSA) is 35.2 Å². The summed E-state index contributed by atoms with van der Waals surface area (Å²) in [5, 5.41) is 0. The Balaban J connectivity index is 2.48. The lowest BCUT2D eigenvalue weighted by Gasteiger charge is -2.14. The van der Waals surface area contributed by atoms with Crippen molar-refractivity contribution in [3.05, 3.63) is 53.6 Å². The molecule has 2 N–H and O–H groups in total. The van der Waals surface area contributed by atoms with E-state index in [0.29, 0.717) is 6.54 Å². The second-order valence-electron chi connectivity index (χ2n) is 4.71. The minimum absolute atomic E-state index is 0.539. The fourth-order valence-corrected chi connectivity index (χ4v) is 2.15. The van der Waals surface area contributed by atoms with E-state index in [1.807, 2.05) is 18.2 Å². The number of hydrogen-bond donors (Lipinski definition) is 1. The summed E-state index contributed by atoms with van der Waals surface area (Å²) in [6.45, 7) is 5.48. The minimum atomic E-state index is 0.539. The molecule has 0 radical (unpaired) electrons. The van der Waals surface area contributed by atoms with Crippen LogP contribution >= 0.6 is 0 Å². The summed E-state index contributed by atoms with van der Waals surface area (Å²) < 4.78 is 5.84. The van der Waals surface area contributed by atoms with E-state index in [1.165, 1.54) is 11.1 Å². The molecule has 100 valence electrons. The maximum absolute atomic E-state index is 5.85. The van der Waals surface area contributed by atoms with Gasteiger partial charge < -0.3 is 10.5 Å². The lowest BCUT2D eigenvalue weighted by Crippen LogP contribution is -2.01. The predicted molar refractivity (Wildman–Crippen MR) is 80.3 cm³/mol. The third-order valence-corrected chi connectivity index (χ3v) is 3.12. The Morgan fingerprint density at radius 1 is 1.05 bits per heavy atom. The fraction of sp³-hybridized carbons (Fsp3) is 0.294. The van der Waals surface area contributed by atoms with Crippen molar-refractivity contribution in [2.75, 3.05) is 6.61 Å². The molecule has 0 fully saturated rings. The van der Waals surface area contributed by atoms with Crippen LogP contribution in [0, 0.1) is 6.92 Å². The highest BCUT2D eigenvalue weighted by Crippen LogP contribution is 2.33. The van der Waals surface area contributed by atoms with Gasteiger partial charge in [-0.1, -0.05) is 48.9 Å². The van der Waals surface area contributed by atoms with Crippen LogP contribution in [0.4, 0.5) is 0 Å². The molecule has 0 amide bonds. The van der Waals surface area contributed by atoms with Gasteiger partial charge in [-0.05, 0) is 30.5 Å². The van der Waals surface area contributed by atoms with Crippen molar-refractivity contribution in [1.29, 1.82) is 0 Å². The minimum Gasteiger partial charge on any atom is -0.493 e. The third-order valence-electron chi connectivity index (χ3n) is 3.12. The van der Waals surface area contributed by atoms with Crippen LogP contribution in [-0.2, 0) is 6.54 Å². The molecule has 0 unspecified atom stereocenters. The van der Waals surface area contributed by atoms with Crippen LogP contribution in [0.1, 0.15) is 24.5 Å². The average molecular weight is 255 g/mol. The van der Waals surface area contributed by atoms with Crippen molar-refractivity contribution < 1.29 is 4.74 Å². The van der Waals surface area contributed by atoms with Crippen molar-refractivity contribution in [3.63, 3.8) is 0 Å². The summed E-state index contributed by atoms with van der Waals surface area (Å²) in [5.74, 6) is 0.935. The van der Waals surface area contributed by atoms with Gasteiger partial charge in [-0.25, -0.2) is 0 Å². The van der Waals surface area contributed by atoms with Gasteiger partial charge in [-0.2, -0.15) is 0 Å². The molecule has 0 aliphatic rings. The molecule has 0 saturated carbocycles. The van der Waals surface area contributed by atoms with E-state index >= 15 is 0 Å². The molecule has 0 aromatic heterocycles. The van der Waals surface area contributed by atoms with E-state index in [1.54, 1.807) is 0 Å². The van der Waals surface area contributed by atoms with Crippen LogP contribution in [0.5, 0.6) is 5.75 Å². The Labute approximate surface area is 115 Å². The van der Waals surface area contributed by atoms with Gasteiger partial charge in [0.2, 0.25) is 0 Å². The lowest BCUT2D eigenvalue weighted by molar-refractivity contribution is 0.318. The highest BCUT2D eigenvalue weighted by Gasteiger charge is 2.09. The molecular weight excluding hydrogens is 234 g/mol. The van der Waals surface area contributed by atoms with Crippen molar-refractivity contribution in [2.24, 2.45) is 5.73 Å². The molecule has 2 aromatic rings. The van der Waals surface area contributed by atoms with Gasteiger partial charge in [0.05, 0.1) is 6.61 Å². The van der Waals surface area contributed by atoms with Gasteiger partial charge in [0.1, 0.15) is 5.75 Å². The fourth-order valence-electron chi connectivity index (χ4n) is 2.15. The molecule has 0 spiro atoms. The molecule has 2 rings (SSSR count). The molecule has 2 nitrogen and oxygen atoms in total. The molecule has 0 heterocycles. The van der Waals surface area contributed by atoms with Crippen LogP contribution in [0.3, 0.4) is 0 Å². The first kappa shape index (κ1) is 13.6. The summed E-state index contributed by atoms with van der Waals surface area (Å²) in [5.41, 5.74) is 10.5. The highest BCUT2D eigenvalue weighted by molar-refractivity contribution is 5.74. The Bertz CT molecular complexity index is 549. The molecule has 2 aromatic carbocycles. The van der Waals surface area contributed by atoms with Crippen molar-refractivity contribution in [3.8, 4) is 16.9 Å². The second kappa shape index (κ2) is 6.39. The first-order valence-electron chi connectivity index (χ1n) is 6.78. The zero-order valence-electron chi connectivity index (χ0n) is 11.6. The highest BCUT2D eigenvalue weighted by atomic mass is 16.5. The van der Waals surface area contributed by atoms with E-state index in [2.05, 4.69) is 38.1 Å². The van der Waals surface area contributed by atoms with Gasteiger partial charge in [0, 0.05) is 12.1 Å². The molecule has 0 atom stereocenters. The molecule has 0 saturated heterocycles. The van der Waals surface area contributed by atoms with Gasteiger partial charge in [-0.15, -0.1) is 0 Å². The summed E-state index contributed by atoms with van der Waals surface area (Å²) in [6, 6.07) is 14.5. The van der Waals surface area contributed by atoms with Gasteiger partial charge in [-0.3, -0.25) is 0 Å². The molecule has 0 aliphatic carbocycles. The summed E-state index contributed by atoms with van der Waals surface area (Å²) in [6.07, 6.45) is 1.01. The molecule has 2 heteroatoms. The summed E-state index contributed by atoms with van der Waals surface area (Å²) in [7, 11) is 0. The van der Waals surface area contributed by atoms with Crippen LogP contribution in [0.25, 0.3) is 11.1 Å². The van der Waals surface area contributed by atoms with Gasteiger partial charge >= 0.3 is 0 Å². The van der Waals surface area contributed by atoms with E-state index in [4.69, 9.17) is 10.5 Å². The Hall–Kier alpha value is -1.80. The number of nitrogens with two attached hydrogens (primary N) is 1. The SMILES string of the molecule is CCCOc1ccccc1-c1cc(C)ccc1CN. The average Bonchev–Trinajstić information content (AvgIpc) is 2.45. The van der Waals surface area contributed by atoms with Crippen LogP contribution in [-0.4, -0.2) is 6.61 Å². The normalized spacial score (nSPS) is 10.5. The number of ether oxygens (including phenoxy) is 1. The monoisotopic (exact) mass is 255 g/mol. The zero-order valence-corrected chi connectivity index (χ0v) is 11.6. The smallest absolute Gasteiger partial charge is 0.127 e. The van der Waals surface area contributed by atoms with Crippen LogP contribution in [0.15, 0.2) is 42.5 Å². The van der Waals surface area contributed by atoms with Crippen molar-refractivity contribution in [2.45, 2.75) is 26.8 Å². The Kier molecular flexibility index (Phi) is 4.58. The maximum Gasteiger partial charge on any atom is 0.127 e. The van der Waals surface area contributed by atoms with Gasteiger partial charge in [0.25, 0.3) is 0 Å². The first-order chi connectivity index (χ1) is 9.26. The molecular formula is C17H21NO.